The molecule has 3 aliphatic rings. The summed E-state index contributed by atoms with van der Waals surface area (Å²) in [5.41, 5.74) is 13.1. The number of nitrogen functional groups attached to an aromatic ring is 1. The molecular weight excluding hydrogens is 448 g/mol. The summed E-state index contributed by atoms with van der Waals surface area (Å²) in [7, 11) is 1.39. The Balaban J connectivity index is 1.36. The number of aliphatic hydroxyl groups excluding tert-OH is 1. The highest BCUT2D eigenvalue weighted by atomic mass is 32.1. The number of carbonyl (C=O) groups excluding carboxylic acids is 1. The number of nitrogens with zero attached hydrogens (tertiary/aromatic N) is 3. The average Bonchev–Trinajstić information content (AvgIpc) is 3.59. The molecule has 7 nitrogen and oxygen atoms in total. The number of thiophene rings is 1. The van der Waals surface area contributed by atoms with Gasteiger partial charge in [0, 0.05) is 19.1 Å². The van der Waals surface area contributed by atoms with Crippen molar-refractivity contribution in [2.24, 2.45) is 0 Å². The van der Waals surface area contributed by atoms with E-state index in [9.17, 15) is 9.90 Å². The van der Waals surface area contributed by atoms with Crippen LogP contribution in [0.2, 0.25) is 0 Å². The van der Waals surface area contributed by atoms with E-state index in [-0.39, 0.29) is 6.10 Å². The summed E-state index contributed by atoms with van der Waals surface area (Å²) in [6.45, 7) is 1.45. The third kappa shape index (κ3) is 3.51. The highest BCUT2D eigenvalue weighted by Crippen LogP contribution is 2.47. The molecule has 0 bridgehead atoms. The van der Waals surface area contributed by atoms with E-state index in [1.807, 2.05) is 6.33 Å². The third-order valence-electron chi connectivity index (χ3n) is 7.64. The standard InChI is InChI=1S/C26H30N4O3S/c1-33-26(32)22-23(27)24(34-25(22)29-12-16-9-19(31)10-17(16)13-29)15-7-8-21-20(11-15)28-14-30(21)18-5-3-2-4-6-18/h7-8,11,14,18-19,31H,2-6,9-10,12-13,27H2,1H3. The van der Waals surface area contributed by atoms with Gasteiger partial charge in [0.1, 0.15) is 10.6 Å². The predicted octanol–water partition coefficient (Wildman–Crippen LogP) is 4.91. The van der Waals surface area contributed by atoms with Gasteiger partial charge in [-0.1, -0.05) is 25.3 Å². The first-order chi connectivity index (χ1) is 16.5. The van der Waals surface area contributed by atoms with Crippen molar-refractivity contribution in [2.45, 2.75) is 57.1 Å². The number of imidazole rings is 1. The summed E-state index contributed by atoms with van der Waals surface area (Å²) in [6.07, 6.45) is 9.44. The summed E-state index contributed by atoms with van der Waals surface area (Å²) in [6, 6.07) is 6.84. The zero-order valence-corrected chi connectivity index (χ0v) is 20.2. The van der Waals surface area contributed by atoms with Gasteiger partial charge in [-0.05, 0) is 54.5 Å². The van der Waals surface area contributed by atoms with E-state index in [1.54, 1.807) is 0 Å². The van der Waals surface area contributed by atoms with Gasteiger partial charge in [-0.3, -0.25) is 0 Å². The number of nitrogens with two attached hydrogens (primary N) is 1. The zero-order valence-electron chi connectivity index (χ0n) is 19.4. The molecule has 0 saturated heterocycles. The van der Waals surface area contributed by atoms with Crippen molar-refractivity contribution in [1.82, 2.24) is 9.55 Å². The summed E-state index contributed by atoms with van der Waals surface area (Å²) in [5, 5.41) is 10.8. The number of fused-ring (bicyclic) bond motifs is 1. The van der Waals surface area contributed by atoms with Crippen molar-refractivity contribution in [3.63, 3.8) is 0 Å². The smallest absolute Gasteiger partial charge is 0.343 e. The zero-order chi connectivity index (χ0) is 23.4. The first-order valence-electron chi connectivity index (χ1n) is 12.1. The molecule has 2 aromatic heterocycles. The Hall–Kier alpha value is -2.84. The minimum absolute atomic E-state index is 0.267. The van der Waals surface area contributed by atoms with Gasteiger partial charge in [-0.15, -0.1) is 11.3 Å². The normalized spacial score (nSPS) is 19.4. The molecule has 2 aliphatic carbocycles. The Labute approximate surface area is 202 Å². The molecule has 34 heavy (non-hydrogen) atoms. The molecule has 8 heteroatoms. The highest BCUT2D eigenvalue weighted by Gasteiger charge is 2.34. The van der Waals surface area contributed by atoms with Crippen LogP contribution in [0.4, 0.5) is 10.7 Å². The van der Waals surface area contributed by atoms with Crippen molar-refractivity contribution < 1.29 is 14.6 Å². The SMILES string of the molecule is COC(=O)c1c(N2CC3=C(CC(O)C3)C2)sc(-c2ccc3c(c2)ncn3C2CCCCC2)c1N. The lowest BCUT2D eigenvalue weighted by Gasteiger charge is -2.23. The van der Waals surface area contributed by atoms with Gasteiger partial charge in [-0.2, -0.15) is 0 Å². The molecule has 1 aliphatic heterocycles. The van der Waals surface area contributed by atoms with E-state index in [1.165, 1.54) is 61.7 Å². The molecule has 3 N–H and O–H groups in total. The van der Waals surface area contributed by atoms with Gasteiger partial charge < -0.3 is 25.0 Å². The molecule has 1 saturated carbocycles. The summed E-state index contributed by atoms with van der Waals surface area (Å²) >= 11 is 1.54. The van der Waals surface area contributed by atoms with Crippen LogP contribution < -0.4 is 10.6 Å². The minimum atomic E-state index is -0.412. The Morgan fingerprint density at radius 2 is 1.91 bits per heavy atom. The predicted molar refractivity (Wildman–Crippen MR) is 135 cm³/mol. The molecule has 1 aromatic carbocycles. The van der Waals surface area contributed by atoms with Crippen molar-refractivity contribution in [1.29, 1.82) is 0 Å². The Kier molecular flexibility index (Phi) is 5.37. The number of anilines is 2. The fourth-order valence-electron chi connectivity index (χ4n) is 5.93. The third-order valence-corrected chi connectivity index (χ3v) is 8.95. The van der Waals surface area contributed by atoms with E-state index in [0.717, 1.165) is 39.6 Å². The van der Waals surface area contributed by atoms with Crippen LogP contribution in [-0.2, 0) is 4.74 Å². The Bertz CT molecular complexity index is 1280. The van der Waals surface area contributed by atoms with Crippen LogP contribution in [0.15, 0.2) is 35.7 Å². The molecule has 0 spiro atoms. The maximum atomic E-state index is 12.8. The Morgan fingerprint density at radius 1 is 1.18 bits per heavy atom. The molecule has 0 atom stereocenters. The lowest BCUT2D eigenvalue weighted by Crippen LogP contribution is -2.24. The molecule has 3 heterocycles. The second-order valence-electron chi connectivity index (χ2n) is 9.79. The fraction of sp³-hybridized carbons (Fsp3) is 0.462. The molecular formula is C26H30N4O3S. The number of hydrogen-bond donors (Lipinski definition) is 2. The number of aliphatic hydroxyl groups is 1. The lowest BCUT2D eigenvalue weighted by atomic mass is 9.95. The number of hydrogen-bond acceptors (Lipinski definition) is 7. The van der Waals surface area contributed by atoms with Crippen LogP contribution in [0.25, 0.3) is 21.5 Å². The van der Waals surface area contributed by atoms with Crippen LogP contribution in [0, 0.1) is 0 Å². The van der Waals surface area contributed by atoms with Crippen LogP contribution in [0.3, 0.4) is 0 Å². The van der Waals surface area contributed by atoms with Gasteiger partial charge in [0.05, 0.1) is 41.1 Å². The van der Waals surface area contributed by atoms with Crippen molar-refractivity contribution in [3.8, 4) is 10.4 Å². The van der Waals surface area contributed by atoms with Gasteiger partial charge in [0.25, 0.3) is 0 Å². The van der Waals surface area contributed by atoms with E-state index in [0.29, 0.717) is 30.1 Å². The highest BCUT2D eigenvalue weighted by molar-refractivity contribution is 7.20. The second kappa shape index (κ2) is 8.43. The summed E-state index contributed by atoms with van der Waals surface area (Å²) < 4.78 is 7.44. The second-order valence-corrected chi connectivity index (χ2v) is 10.8. The fourth-order valence-corrected chi connectivity index (χ4v) is 7.14. The van der Waals surface area contributed by atoms with Gasteiger partial charge >= 0.3 is 5.97 Å². The molecule has 6 rings (SSSR count). The van der Waals surface area contributed by atoms with Gasteiger partial charge in [0.2, 0.25) is 0 Å². The maximum Gasteiger partial charge on any atom is 0.343 e. The van der Waals surface area contributed by atoms with Gasteiger partial charge in [0.15, 0.2) is 0 Å². The topological polar surface area (TPSA) is 93.6 Å². The molecule has 0 amide bonds. The number of methoxy groups -OCH3 is 1. The number of rotatable bonds is 4. The molecule has 3 aromatic rings. The van der Waals surface area contributed by atoms with E-state index < -0.39 is 5.97 Å². The number of esters is 1. The first-order valence-corrected chi connectivity index (χ1v) is 13.0. The van der Waals surface area contributed by atoms with Crippen LogP contribution in [-0.4, -0.2) is 46.9 Å². The number of ether oxygens (including phenoxy) is 1. The molecule has 0 radical (unpaired) electrons. The molecule has 178 valence electrons. The van der Waals surface area contributed by atoms with Crippen LogP contribution in [0.5, 0.6) is 0 Å². The van der Waals surface area contributed by atoms with Gasteiger partial charge in [-0.25, -0.2) is 9.78 Å². The van der Waals surface area contributed by atoms with Crippen LogP contribution in [0.1, 0.15) is 61.3 Å². The number of aromatic nitrogens is 2. The Morgan fingerprint density at radius 3 is 2.62 bits per heavy atom. The minimum Gasteiger partial charge on any atom is -0.465 e. The first kappa shape index (κ1) is 21.7. The monoisotopic (exact) mass is 478 g/mol. The number of benzene rings is 1. The maximum absolute atomic E-state index is 12.8. The molecule has 1 fully saturated rings. The van der Waals surface area contributed by atoms with Crippen molar-refractivity contribution in [3.05, 3.63) is 41.2 Å². The number of carbonyl (C=O) groups is 1. The summed E-state index contributed by atoms with van der Waals surface area (Å²) in [4.78, 5) is 20.5. The van der Waals surface area contributed by atoms with E-state index in [2.05, 4.69) is 27.7 Å². The van der Waals surface area contributed by atoms with Crippen molar-refractivity contribution in [2.75, 3.05) is 30.8 Å². The summed E-state index contributed by atoms with van der Waals surface area (Å²) in [5.74, 6) is -0.412. The lowest BCUT2D eigenvalue weighted by molar-refractivity contribution is 0.0603. The average molecular weight is 479 g/mol. The van der Waals surface area contributed by atoms with Crippen LogP contribution >= 0.6 is 11.3 Å². The quantitative estimate of drug-likeness (QED) is 0.409. The van der Waals surface area contributed by atoms with E-state index >= 15 is 0 Å². The van der Waals surface area contributed by atoms with Crippen molar-refractivity contribution >= 4 is 39.0 Å². The van der Waals surface area contributed by atoms with E-state index in [4.69, 9.17) is 15.5 Å². The molecule has 0 unspecified atom stereocenters. The largest absolute Gasteiger partial charge is 0.465 e.